The Labute approximate surface area is 191 Å². The number of nitrogens with one attached hydrogen (secondary N) is 1. The van der Waals surface area contributed by atoms with E-state index in [9.17, 15) is 14.4 Å². The van der Waals surface area contributed by atoms with Gasteiger partial charge in [-0.05, 0) is 28.7 Å². The molecule has 0 saturated carbocycles. The molecule has 33 heavy (non-hydrogen) atoms. The summed E-state index contributed by atoms with van der Waals surface area (Å²) in [7, 11) is 0. The largest absolute Gasteiger partial charge is 0.480 e. The smallest absolute Gasteiger partial charge is 0.407 e. The van der Waals surface area contributed by atoms with Crippen LogP contribution in [0.1, 0.15) is 23.5 Å². The number of carbonyl (C=O) groups is 3. The third-order valence-electron chi connectivity index (χ3n) is 5.94. The fourth-order valence-electron chi connectivity index (χ4n) is 4.30. The number of alkyl carbamates (subject to hydrolysis) is 1. The standard InChI is InChI=1S/C25H26N2O6/c1-2-7-22(24(30)27-12-16(13-27)32-15-23(28)29)26-25(31)33-14-21-19-10-5-3-8-17(19)18-9-4-6-11-20(18)21/h2-6,8-11,16,21-22H,1,7,12-15H2,(H,26,31)(H,28,29). The number of rotatable bonds is 9. The van der Waals surface area contributed by atoms with Gasteiger partial charge in [-0.25, -0.2) is 9.59 Å². The molecule has 1 saturated heterocycles. The molecule has 1 aliphatic carbocycles. The summed E-state index contributed by atoms with van der Waals surface area (Å²) in [6, 6.07) is 15.3. The first-order valence-corrected chi connectivity index (χ1v) is 10.8. The highest BCUT2D eigenvalue weighted by atomic mass is 16.5. The molecule has 8 heteroatoms. The van der Waals surface area contributed by atoms with Crippen LogP contribution >= 0.6 is 0 Å². The maximum absolute atomic E-state index is 12.8. The molecule has 1 fully saturated rings. The fourth-order valence-corrected chi connectivity index (χ4v) is 4.30. The molecule has 1 heterocycles. The van der Waals surface area contributed by atoms with Gasteiger partial charge in [-0.1, -0.05) is 54.6 Å². The molecule has 8 nitrogen and oxygen atoms in total. The lowest BCUT2D eigenvalue weighted by Crippen LogP contribution is -2.60. The predicted molar refractivity (Wildman–Crippen MR) is 121 cm³/mol. The Balaban J connectivity index is 1.33. The first-order chi connectivity index (χ1) is 16.0. The van der Waals surface area contributed by atoms with Gasteiger partial charge in [-0.2, -0.15) is 0 Å². The van der Waals surface area contributed by atoms with E-state index in [-0.39, 0.29) is 44.0 Å². The minimum atomic E-state index is -1.05. The van der Waals surface area contributed by atoms with E-state index in [0.29, 0.717) is 0 Å². The van der Waals surface area contributed by atoms with Crippen molar-refractivity contribution in [3.05, 3.63) is 72.3 Å². The topological polar surface area (TPSA) is 105 Å². The second-order valence-electron chi connectivity index (χ2n) is 8.12. The highest BCUT2D eigenvalue weighted by Gasteiger charge is 2.36. The molecule has 0 bridgehead atoms. The number of nitrogens with zero attached hydrogens (tertiary/aromatic N) is 1. The van der Waals surface area contributed by atoms with Gasteiger partial charge < -0.3 is 24.8 Å². The van der Waals surface area contributed by atoms with Gasteiger partial charge in [0.25, 0.3) is 0 Å². The van der Waals surface area contributed by atoms with Gasteiger partial charge >= 0.3 is 12.1 Å². The lowest BCUT2D eigenvalue weighted by atomic mass is 9.98. The van der Waals surface area contributed by atoms with E-state index in [1.807, 2.05) is 36.4 Å². The van der Waals surface area contributed by atoms with Gasteiger partial charge in [0.15, 0.2) is 0 Å². The third kappa shape index (κ3) is 4.90. The Morgan fingerprint density at radius 2 is 1.70 bits per heavy atom. The van der Waals surface area contributed by atoms with Crippen molar-refractivity contribution >= 4 is 18.0 Å². The molecule has 0 radical (unpaired) electrons. The van der Waals surface area contributed by atoms with Gasteiger partial charge in [0, 0.05) is 19.0 Å². The van der Waals surface area contributed by atoms with Crippen molar-refractivity contribution in [2.24, 2.45) is 0 Å². The Kier molecular flexibility index (Phi) is 6.74. The predicted octanol–water partition coefficient (Wildman–Crippen LogP) is 2.78. The van der Waals surface area contributed by atoms with Crippen LogP contribution in [-0.2, 0) is 19.1 Å². The number of hydrogen-bond acceptors (Lipinski definition) is 5. The van der Waals surface area contributed by atoms with Crippen LogP contribution in [0, 0.1) is 0 Å². The Morgan fingerprint density at radius 1 is 1.09 bits per heavy atom. The molecule has 2 amide bonds. The molecule has 1 unspecified atom stereocenters. The summed E-state index contributed by atoms with van der Waals surface area (Å²) in [4.78, 5) is 37.4. The molecular weight excluding hydrogens is 424 g/mol. The van der Waals surface area contributed by atoms with E-state index in [0.717, 1.165) is 22.3 Å². The Morgan fingerprint density at radius 3 is 2.27 bits per heavy atom. The van der Waals surface area contributed by atoms with Crippen LogP contribution < -0.4 is 5.32 Å². The fraction of sp³-hybridized carbons (Fsp3) is 0.320. The number of aliphatic carboxylic acids is 1. The molecule has 2 aromatic rings. The summed E-state index contributed by atoms with van der Waals surface area (Å²) >= 11 is 0. The number of hydrogen-bond donors (Lipinski definition) is 2. The van der Waals surface area contributed by atoms with E-state index >= 15 is 0 Å². The van der Waals surface area contributed by atoms with Crippen LogP contribution in [0.25, 0.3) is 11.1 Å². The number of fused-ring (bicyclic) bond motifs is 3. The zero-order valence-electron chi connectivity index (χ0n) is 18.1. The summed E-state index contributed by atoms with van der Waals surface area (Å²) in [5.41, 5.74) is 4.50. The lowest BCUT2D eigenvalue weighted by Gasteiger charge is -2.40. The SMILES string of the molecule is C=CCC(NC(=O)OCC1c2ccccc2-c2ccccc21)C(=O)N1CC(OCC(=O)O)C1. The molecule has 0 spiro atoms. The molecule has 0 aromatic heterocycles. The van der Waals surface area contributed by atoms with Crippen LogP contribution in [0.15, 0.2) is 61.2 Å². The van der Waals surface area contributed by atoms with Crippen molar-refractivity contribution in [3.8, 4) is 11.1 Å². The molecule has 2 aliphatic rings. The van der Waals surface area contributed by atoms with Crippen LogP contribution in [0.3, 0.4) is 0 Å². The maximum Gasteiger partial charge on any atom is 0.407 e. The molecular formula is C25H26N2O6. The van der Waals surface area contributed by atoms with Gasteiger partial charge in [-0.15, -0.1) is 6.58 Å². The number of carbonyl (C=O) groups excluding carboxylic acids is 2. The first-order valence-electron chi connectivity index (χ1n) is 10.8. The molecule has 4 rings (SSSR count). The number of carboxylic acid groups (broad SMARTS) is 1. The van der Waals surface area contributed by atoms with Crippen molar-refractivity contribution in [1.29, 1.82) is 0 Å². The highest BCUT2D eigenvalue weighted by molar-refractivity contribution is 5.86. The third-order valence-corrected chi connectivity index (χ3v) is 5.94. The van der Waals surface area contributed by atoms with E-state index in [1.165, 1.54) is 4.90 Å². The van der Waals surface area contributed by atoms with Gasteiger partial charge in [0.05, 0.1) is 6.10 Å². The average molecular weight is 450 g/mol. The van der Waals surface area contributed by atoms with E-state index in [2.05, 4.69) is 24.0 Å². The van der Waals surface area contributed by atoms with E-state index in [4.69, 9.17) is 14.6 Å². The minimum Gasteiger partial charge on any atom is -0.480 e. The second-order valence-corrected chi connectivity index (χ2v) is 8.12. The molecule has 2 aromatic carbocycles. The van der Waals surface area contributed by atoms with Gasteiger partial charge in [-0.3, -0.25) is 4.79 Å². The monoisotopic (exact) mass is 450 g/mol. The first kappa shape index (κ1) is 22.5. The van der Waals surface area contributed by atoms with Crippen LogP contribution in [0.4, 0.5) is 4.79 Å². The van der Waals surface area contributed by atoms with Crippen LogP contribution in [0.5, 0.6) is 0 Å². The number of carboxylic acids is 1. The zero-order valence-corrected chi connectivity index (χ0v) is 18.1. The number of ether oxygens (including phenoxy) is 2. The Hall–Kier alpha value is -3.65. The van der Waals surface area contributed by atoms with E-state index < -0.39 is 24.7 Å². The van der Waals surface area contributed by atoms with Crippen LogP contribution in [0.2, 0.25) is 0 Å². The highest BCUT2D eigenvalue weighted by Crippen LogP contribution is 2.44. The van der Waals surface area contributed by atoms with Crippen molar-refractivity contribution < 1.29 is 29.0 Å². The van der Waals surface area contributed by atoms with Gasteiger partial charge in [0.1, 0.15) is 19.3 Å². The molecule has 2 N–H and O–H groups in total. The van der Waals surface area contributed by atoms with Crippen LogP contribution in [-0.4, -0.2) is 66.4 Å². The summed E-state index contributed by atoms with van der Waals surface area (Å²) in [5, 5.41) is 11.3. The van der Waals surface area contributed by atoms with Crippen molar-refractivity contribution in [1.82, 2.24) is 10.2 Å². The number of benzene rings is 2. The quantitative estimate of drug-likeness (QED) is 0.569. The summed E-state index contributed by atoms with van der Waals surface area (Å²) in [6.45, 7) is 3.99. The number of likely N-dealkylation sites (tertiary alicyclic amines) is 1. The zero-order chi connectivity index (χ0) is 23.4. The minimum absolute atomic E-state index is 0.0702. The number of amides is 2. The van der Waals surface area contributed by atoms with Gasteiger partial charge in [0.2, 0.25) is 5.91 Å². The average Bonchev–Trinajstić information content (AvgIpc) is 3.10. The van der Waals surface area contributed by atoms with Crippen molar-refractivity contribution in [2.45, 2.75) is 24.5 Å². The molecule has 172 valence electrons. The lowest BCUT2D eigenvalue weighted by molar-refractivity contribution is -0.155. The summed E-state index contributed by atoms with van der Waals surface area (Å²) in [5.74, 6) is -1.40. The summed E-state index contributed by atoms with van der Waals surface area (Å²) < 4.78 is 10.7. The second kappa shape index (κ2) is 9.87. The molecule has 1 atom stereocenters. The van der Waals surface area contributed by atoms with E-state index in [1.54, 1.807) is 6.08 Å². The molecule has 1 aliphatic heterocycles. The maximum atomic E-state index is 12.8. The normalized spacial score (nSPS) is 15.7. The summed E-state index contributed by atoms with van der Waals surface area (Å²) in [6.07, 6.45) is 0.824. The Bertz CT molecular complexity index is 1020. The van der Waals surface area contributed by atoms with Crippen molar-refractivity contribution in [2.75, 3.05) is 26.3 Å². The van der Waals surface area contributed by atoms with Crippen molar-refractivity contribution in [3.63, 3.8) is 0 Å².